The normalized spacial score (nSPS) is 12.9. The molecule has 0 aliphatic carbocycles. The van der Waals surface area contributed by atoms with Crippen LogP contribution in [0.25, 0.3) is 0 Å². The Labute approximate surface area is 92.3 Å². The largest absolute Gasteiger partial charge is 0.298 e. The first-order valence-corrected chi connectivity index (χ1v) is 5.51. The summed E-state index contributed by atoms with van der Waals surface area (Å²) < 4.78 is 0. The highest BCUT2D eigenvalue weighted by Gasteiger charge is 2.18. The average Bonchev–Trinajstić information content (AvgIpc) is 2.18. The molecule has 1 atom stereocenters. The van der Waals surface area contributed by atoms with Gasteiger partial charge in [0.2, 0.25) is 0 Å². The maximum atomic E-state index is 5.78. The fraction of sp³-hybridized carbons (Fsp3) is 0.583. The Balaban J connectivity index is 3.11. The summed E-state index contributed by atoms with van der Waals surface area (Å²) in [6.45, 7) is 6.68. The van der Waals surface area contributed by atoms with Gasteiger partial charge in [-0.15, -0.1) is 0 Å². The van der Waals surface area contributed by atoms with Crippen molar-refractivity contribution in [2.24, 2.45) is 11.8 Å². The van der Waals surface area contributed by atoms with Crippen molar-refractivity contribution in [3.8, 4) is 0 Å². The van der Waals surface area contributed by atoms with Gasteiger partial charge >= 0.3 is 0 Å². The van der Waals surface area contributed by atoms with E-state index in [1.165, 1.54) is 5.56 Å². The van der Waals surface area contributed by atoms with E-state index < -0.39 is 0 Å². The topological polar surface area (TPSA) is 42.2 Å². The summed E-state index contributed by atoms with van der Waals surface area (Å²) in [5, 5.41) is 1.60. The zero-order chi connectivity index (χ0) is 11.4. The van der Waals surface area contributed by atoms with Crippen LogP contribution in [-0.2, 0) is 0 Å². The van der Waals surface area contributed by atoms with Crippen molar-refractivity contribution in [3.63, 3.8) is 0 Å². The number of hydrazine groups is 1. The van der Waals surface area contributed by atoms with Crippen LogP contribution in [0.2, 0.25) is 0 Å². The molecule has 1 heterocycles. The van der Waals surface area contributed by atoms with Gasteiger partial charge in [-0.05, 0) is 29.9 Å². The molecule has 3 heteroatoms. The van der Waals surface area contributed by atoms with E-state index in [9.17, 15) is 0 Å². The number of aromatic nitrogens is 1. The van der Waals surface area contributed by atoms with Crippen molar-refractivity contribution in [1.29, 1.82) is 0 Å². The maximum absolute atomic E-state index is 5.78. The second kappa shape index (κ2) is 5.12. The van der Waals surface area contributed by atoms with Crippen LogP contribution in [0.4, 0.5) is 5.82 Å². The number of hydrogen-bond donors (Lipinski definition) is 1. The SMILES string of the molecule is CCC(c1cccnc1N(C)N)C(C)C. The highest BCUT2D eigenvalue weighted by Crippen LogP contribution is 2.32. The molecular weight excluding hydrogens is 186 g/mol. The monoisotopic (exact) mass is 207 g/mol. The summed E-state index contributed by atoms with van der Waals surface area (Å²) in [6, 6.07) is 4.10. The molecule has 1 rings (SSSR count). The van der Waals surface area contributed by atoms with Crippen LogP contribution in [0, 0.1) is 5.92 Å². The van der Waals surface area contributed by atoms with Crippen molar-refractivity contribution < 1.29 is 0 Å². The Morgan fingerprint density at radius 2 is 2.13 bits per heavy atom. The minimum atomic E-state index is 0.527. The first kappa shape index (κ1) is 12.0. The third kappa shape index (κ3) is 2.69. The summed E-state index contributed by atoms with van der Waals surface area (Å²) >= 11 is 0. The lowest BCUT2D eigenvalue weighted by atomic mass is 9.86. The third-order valence-electron chi connectivity index (χ3n) is 2.79. The summed E-state index contributed by atoms with van der Waals surface area (Å²) in [6.07, 6.45) is 2.90. The maximum Gasteiger partial charge on any atom is 0.145 e. The predicted molar refractivity (Wildman–Crippen MR) is 64.7 cm³/mol. The van der Waals surface area contributed by atoms with Gasteiger partial charge in [-0.25, -0.2) is 10.8 Å². The first-order valence-electron chi connectivity index (χ1n) is 5.51. The molecule has 0 aliphatic rings. The number of anilines is 1. The van der Waals surface area contributed by atoms with E-state index in [4.69, 9.17) is 5.84 Å². The summed E-state index contributed by atoms with van der Waals surface area (Å²) in [5.74, 6) is 7.80. The van der Waals surface area contributed by atoms with Gasteiger partial charge in [-0.3, -0.25) is 5.01 Å². The zero-order valence-corrected chi connectivity index (χ0v) is 10.1. The van der Waals surface area contributed by atoms with Crippen LogP contribution >= 0.6 is 0 Å². The molecule has 0 aromatic carbocycles. The third-order valence-corrected chi connectivity index (χ3v) is 2.79. The summed E-state index contributed by atoms with van der Waals surface area (Å²) in [4.78, 5) is 4.33. The van der Waals surface area contributed by atoms with Gasteiger partial charge in [0, 0.05) is 13.2 Å². The van der Waals surface area contributed by atoms with E-state index in [-0.39, 0.29) is 0 Å². The minimum absolute atomic E-state index is 0.527. The standard InChI is InChI=1S/C12H21N3/c1-5-10(9(2)3)11-7-6-8-14-12(11)15(4)13/h6-10H,5,13H2,1-4H3. The average molecular weight is 207 g/mol. The lowest BCUT2D eigenvalue weighted by molar-refractivity contribution is 0.484. The van der Waals surface area contributed by atoms with Crippen LogP contribution in [0.15, 0.2) is 18.3 Å². The molecule has 0 saturated heterocycles. The van der Waals surface area contributed by atoms with Gasteiger partial charge in [0.1, 0.15) is 5.82 Å². The predicted octanol–water partition coefficient (Wildman–Crippen LogP) is 2.54. The fourth-order valence-electron chi connectivity index (χ4n) is 2.04. The smallest absolute Gasteiger partial charge is 0.145 e. The number of pyridine rings is 1. The van der Waals surface area contributed by atoms with Crippen molar-refractivity contribution in [2.75, 3.05) is 12.1 Å². The van der Waals surface area contributed by atoms with E-state index >= 15 is 0 Å². The molecule has 0 aliphatic heterocycles. The van der Waals surface area contributed by atoms with Crippen molar-refractivity contribution in [2.45, 2.75) is 33.1 Å². The van der Waals surface area contributed by atoms with Gasteiger partial charge < -0.3 is 0 Å². The van der Waals surface area contributed by atoms with Crippen molar-refractivity contribution in [3.05, 3.63) is 23.9 Å². The van der Waals surface area contributed by atoms with Crippen LogP contribution < -0.4 is 10.9 Å². The van der Waals surface area contributed by atoms with Gasteiger partial charge in [0.25, 0.3) is 0 Å². The Hall–Kier alpha value is -1.09. The number of hydrogen-bond acceptors (Lipinski definition) is 3. The van der Waals surface area contributed by atoms with Crippen LogP contribution in [0.1, 0.15) is 38.7 Å². The van der Waals surface area contributed by atoms with Gasteiger partial charge in [-0.1, -0.05) is 26.8 Å². The first-order chi connectivity index (χ1) is 7.07. The Morgan fingerprint density at radius 1 is 1.47 bits per heavy atom. The van der Waals surface area contributed by atoms with Gasteiger partial charge in [0.15, 0.2) is 0 Å². The van der Waals surface area contributed by atoms with Crippen LogP contribution in [0.3, 0.4) is 0 Å². The Kier molecular flexibility index (Phi) is 4.09. The molecule has 0 spiro atoms. The molecule has 0 radical (unpaired) electrons. The Morgan fingerprint density at radius 3 is 2.60 bits per heavy atom. The molecule has 0 bridgehead atoms. The minimum Gasteiger partial charge on any atom is -0.298 e. The van der Waals surface area contributed by atoms with Crippen LogP contribution in [-0.4, -0.2) is 12.0 Å². The molecule has 3 nitrogen and oxygen atoms in total. The Bertz CT molecular complexity index is 307. The molecule has 0 fully saturated rings. The van der Waals surface area contributed by atoms with E-state index in [1.807, 2.05) is 13.1 Å². The highest BCUT2D eigenvalue weighted by molar-refractivity contribution is 5.46. The van der Waals surface area contributed by atoms with E-state index in [0.29, 0.717) is 11.8 Å². The van der Waals surface area contributed by atoms with E-state index in [1.54, 1.807) is 11.2 Å². The second-order valence-corrected chi connectivity index (χ2v) is 4.29. The van der Waals surface area contributed by atoms with Gasteiger partial charge in [0.05, 0.1) is 0 Å². The molecule has 84 valence electrons. The lowest BCUT2D eigenvalue weighted by Crippen LogP contribution is -2.28. The molecule has 0 amide bonds. The molecule has 1 unspecified atom stereocenters. The number of nitrogens with two attached hydrogens (primary N) is 1. The van der Waals surface area contributed by atoms with E-state index in [0.717, 1.165) is 12.2 Å². The zero-order valence-electron chi connectivity index (χ0n) is 10.1. The molecule has 1 aromatic rings. The second-order valence-electron chi connectivity index (χ2n) is 4.29. The highest BCUT2D eigenvalue weighted by atomic mass is 15.4. The van der Waals surface area contributed by atoms with Crippen molar-refractivity contribution >= 4 is 5.82 Å². The molecule has 15 heavy (non-hydrogen) atoms. The molecule has 1 aromatic heterocycles. The number of rotatable bonds is 4. The molecule has 0 saturated carbocycles. The summed E-state index contributed by atoms with van der Waals surface area (Å²) in [7, 11) is 1.83. The van der Waals surface area contributed by atoms with Crippen molar-refractivity contribution in [1.82, 2.24) is 4.98 Å². The van der Waals surface area contributed by atoms with Gasteiger partial charge in [-0.2, -0.15) is 0 Å². The summed E-state index contributed by atoms with van der Waals surface area (Å²) in [5.41, 5.74) is 1.25. The van der Waals surface area contributed by atoms with E-state index in [2.05, 4.69) is 31.8 Å². The lowest BCUT2D eigenvalue weighted by Gasteiger charge is -2.24. The van der Waals surface area contributed by atoms with Crippen LogP contribution in [0.5, 0.6) is 0 Å². The quantitative estimate of drug-likeness (QED) is 0.609. The number of nitrogens with zero attached hydrogens (tertiary/aromatic N) is 2. The molecular formula is C12H21N3. The molecule has 2 N–H and O–H groups in total. The fourth-order valence-corrected chi connectivity index (χ4v) is 2.04.